The largest absolute Gasteiger partial charge is 0.497 e. The zero-order chi connectivity index (χ0) is 26.9. The number of methoxy groups -OCH3 is 2. The molecule has 0 fully saturated rings. The number of ether oxygens (including phenoxy) is 2. The van der Waals surface area contributed by atoms with E-state index in [9.17, 15) is 14.7 Å². The number of hydrogen-bond acceptors (Lipinski definition) is 4. The van der Waals surface area contributed by atoms with Crippen LogP contribution in [0.2, 0.25) is 0 Å². The van der Waals surface area contributed by atoms with Crippen molar-refractivity contribution in [3.63, 3.8) is 0 Å². The number of carboxylic acids is 1. The second-order valence-electron chi connectivity index (χ2n) is 8.93. The lowest BCUT2D eigenvalue weighted by atomic mass is 9.98. The van der Waals surface area contributed by atoms with E-state index < -0.39 is 5.97 Å². The van der Waals surface area contributed by atoms with E-state index in [4.69, 9.17) is 9.47 Å². The summed E-state index contributed by atoms with van der Waals surface area (Å²) >= 11 is 0. The molecule has 38 heavy (non-hydrogen) atoms. The van der Waals surface area contributed by atoms with Crippen molar-refractivity contribution in [1.82, 2.24) is 4.90 Å². The first-order chi connectivity index (χ1) is 18.5. The van der Waals surface area contributed by atoms with Crippen LogP contribution in [-0.2, 0) is 13.0 Å². The van der Waals surface area contributed by atoms with Gasteiger partial charge in [0.15, 0.2) is 0 Å². The van der Waals surface area contributed by atoms with Crippen molar-refractivity contribution in [2.45, 2.75) is 19.4 Å². The lowest BCUT2D eigenvalue weighted by Crippen LogP contribution is -2.32. The molecule has 4 rings (SSSR count). The number of carbonyl (C=O) groups excluding carboxylic acids is 1. The van der Waals surface area contributed by atoms with Crippen LogP contribution >= 0.6 is 0 Å². The van der Waals surface area contributed by atoms with Crippen molar-refractivity contribution in [2.75, 3.05) is 20.8 Å². The maximum absolute atomic E-state index is 13.7. The van der Waals surface area contributed by atoms with Crippen LogP contribution in [0.3, 0.4) is 0 Å². The number of aryl methyl sites for hydroxylation is 1. The van der Waals surface area contributed by atoms with Crippen LogP contribution in [0.4, 0.5) is 0 Å². The summed E-state index contributed by atoms with van der Waals surface area (Å²) in [5.41, 5.74) is 4.37. The maximum atomic E-state index is 13.7. The van der Waals surface area contributed by atoms with Crippen LogP contribution in [0.5, 0.6) is 11.5 Å². The Morgan fingerprint density at radius 3 is 2.16 bits per heavy atom. The van der Waals surface area contributed by atoms with Crippen LogP contribution in [0, 0.1) is 0 Å². The molecule has 0 heterocycles. The molecule has 0 aromatic heterocycles. The van der Waals surface area contributed by atoms with Gasteiger partial charge in [-0.1, -0.05) is 72.8 Å². The standard InChI is InChI=1S/C32H31NO5/c1-37-26-18-19-29(30(21-26)38-2)31(34)33(20-8-11-23-9-4-3-5-10-23)22-24-14-16-25(17-15-24)27-12-6-7-13-28(27)32(35)36/h3-7,9-10,12-19,21H,8,11,20,22H2,1-2H3,(H,35,36). The Morgan fingerprint density at radius 2 is 1.47 bits per heavy atom. The molecule has 0 aliphatic carbocycles. The number of carboxylic acid groups (broad SMARTS) is 1. The highest BCUT2D eigenvalue weighted by molar-refractivity contribution is 5.97. The molecule has 0 bridgehead atoms. The third kappa shape index (κ3) is 6.40. The second-order valence-corrected chi connectivity index (χ2v) is 8.93. The van der Waals surface area contributed by atoms with E-state index in [1.54, 1.807) is 50.6 Å². The topological polar surface area (TPSA) is 76.1 Å². The van der Waals surface area contributed by atoms with E-state index in [1.165, 1.54) is 5.56 Å². The van der Waals surface area contributed by atoms with Crippen LogP contribution < -0.4 is 9.47 Å². The van der Waals surface area contributed by atoms with E-state index >= 15 is 0 Å². The van der Waals surface area contributed by atoms with Crippen LogP contribution in [0.1, 0.15) is 38.3 Å². The van der Waals surface area contributed by atoms with E-state index in [2.05, 4.69) is 12.1 Å². The number of carbonyl (C=O) groups is 2. The summed E-state index contributed by atoms with van der Waals surface area (Å²) in [6.45, 7) is 0.968. The van der Waals surface area contributed by atoms with Gasteiger partial charge in [0.25, 0.3) is 5.91 Å². The summed E-state index contributed by atoms with van der Waals surface area (Å²) in [5.74, 6) is -0.0135. The summed E-state index contributed by atoms with van der Waals surface area (Å²) in [4.78, 5) is 27.2. The minimum absolute atomic E-state index is 0.127. The number of hydrogen-bond donors (Lipinski definition) is 1. The number of amides is 1. The molecule has 0 aliphatic heterocycles. The van der Waals surface area contributed by atoms with Crippen LogP contribution in [0.25, 0.3) is 11.1 Å². The molecule has 1 N–H and O–H groups in total. The zero-order valence-corrected chi connectivity index (χ0v) is 21.6. The molecule has 194 valence electrons. The highest BCUT2D eigenvalue weighted by Gasteiger charge is 2.21. The van der Waals surface area contributed by atoms with Crippen LogP contribution in [0.15, 0.2) is 97.1 Å². The Balaban J connectivity index is 1.57. The average Bonchev–Trinajstić information content (AvgIpc) is 2.96. The SMILES string of the molecule is COc1ccc(C(=O)N(CCCc2ccccc2)Cc2ccc(-c3ccccc3C(=O)O)cc2)c(OC)c1. The van der Waals surface area contributed by atoms with E-state index in [1.807, 2.05) is 53.4 Å². The molecule has 0 unspecified atom stereocenters. The van der Waals surface area contributed by atoms with Gasteiger partial charge in [0.05, 0.1) is 25.3 Å². The van der Waals surface area contributed by atoms with Crippen LogP contribution in [-0.4, -0.2) is 42.6 Å². The normalized spacial score (nSPS) is 10.6. The molecule has 0 aliphatic rings. The molecule has 0 radical (unpaired) electrons. The lowest BCUT2D eigenvalue weighted by Gasteiger charge is -2.24. The van der Waals surface area contributed by atoms with Crippen molar-refractivity contribution in [3.8, 4) is 22.6 Å². The fourth-order valence-electron chi connectivity index (χ4n) is 4.45. The van der Waals surface area contributed by atoms with E-state index in [0.29, 0.717) is 35.7 Å². The fourth-order valence-corrected chi connectivity index (χ4v) is 4.45. The molecular formula is C32H31NO5. The van der Waals surface area contributed by atoms with Gasteiger partial charge in [-0.3, -0.25) is 4.79 Å². The number of aromatic carboxylic acids is 1. The van der Waals surface area contributed by atoms with Gasteiger partial charge in [0, 0.05) is 19.2 Å². The van der Waals surface area contributed by atoms with E-state index in [-0.39, 0.29) is 11.5 Å². The number of nitrogens with zero attached hydrogens (tertiary/aromatic N) is 1. The Kier molecular flexibility index (Phi) is 8.77. The number of rotatable bonds is 11. The quantitative estimate of drug-likeness (QED) is 0.255. The summed E-state index contributed by atoms with van der Waals surface area (Å²) in [5, 5.41) is 9.55. The first kappa shape index (κ1) is 26.5. The minimum atomic E-state index is -0.965. The molecule has 0 saturated heterocycles. The van der Waals surface area contributed by atoms with Gasteiger partial charge in [0.1, 0.15) is 11.5 Å². The smallest absolute Gasteiger partial charge is 0.336 e. The van der Waals surface area contributed by atoms with Gasteiger partial charge < -0.3 is 19.5 Å². The van der Waals surface area contributed by atoms with Gasteiger partial charge >= 0.3 is 5.97 Å². The minimum Gasteiger partial charge on any atom is -0.497 e. The molecule has 4 aromatic carbocycles. The van der Waals surface area contributed by atoms with E-state index in [0.717, 1.165) is 24.0 Å². The van der Waals surface area contributed by atoms with Crippen molar-refractivity contribution >= 4 is 11.9 Å². The van der Waals surface area contributed by atoms with Gasteiger partial charge in [-0.25, -0.2) is 4.79 Å². The summed E-state index contributed by atoms with van der Waals surface area (Å²) < 4.78 is 10.8. The zero-order valence-electron chi connectivity index (χ0n) is 21.6. The van der Waals surface area contributed by atoms with Crippen molar-refractivity contribution < 1.29 is 24.2 Å². The second kappa shape index (κ2) is 12.6. The van der Waals surface area contributed by atoms with Crippen molar-refractivity contribution in [1.29, 1.82) is 0 Å². The summed E-state index contributed by atoms with van der Waals surface area (Å²) in [6.07, 6.45) is 1.66. The molecule has 6 heteroatoms. The molecule has 4 aromatic rings. The molecule has 0 saturated carbocycles. The van der Waals surface area contributed by atoms with Gasteiger partial charge in [-0.15, -0.1) is 0 Å². The van der Waals surface area contributed by atoms with Gasteiger partial charge in [0.2, 0.25) is 0 Å². The maximum Gasteiger partial charge on any atom is 0.336 e. The summed E-state index contributed by atoms with van der Waals surface area (Å²) in [7, 11) is 3.11. The molecule has 0 atom stereocenters. The number of benzene rings is 4. The lowest BCUT2D eigenvalue weighted by molar-refractivity contribution is 0.0695. The van der Waals surface area contributed by atoms with Gasteiger partial charge in [-0.05, 0) is 53.3 Å². The molecule has 1 amide bonds. The average molecular weight is 510 g/mol. The Labute approximate surface area is 223 Å². The first-order valence-corrected chi connectivity index (χ1v) is 12.5. The molecule has 0 spiro atoms. The third-order valence-corrected chi connectivity index (χ3v) is 6.46. The third-order valence-electron chi connectivity index (χ3n) is 6.46. The molecule has 6 nitrogen and oxygen atoms in total. The molecular weight excluding hydrogens is 478 g/mol. The Morgan fingerprint density at radius 1 is 0.763 bits per heavy atom. The predicted octanol–water partition coefficient (Wildman–Crippen LogP) is 6.34. The highest BCUT2D eigenvalue weighted by atomic mass is 16.5. The van der Waals surface area contributed by atoms with Crippen molar-refractivity contribution in [2.24, 2.45) is 0 Å². The Hall–Kier alpha value is -4.58. The fraction of sp³-hybridized carbons (Fsp3) is 0.188. The van der Waals surface area contributed by atoms with Gasteiger partial charge in [-0.2, -0.15) is 0 Å². The Bertz CT molecular complexity index is 1380. The monoisotopic (exact) mass is 509 g/mol. The first-order valence-electron chi connectivity index (χ1n) is 12.5. The highest BCUT2D eigenvalue weighted by Crippen LogP contribution is 2.28. The predicted molar refractivity (Wildman–Crippen MR) is 148 cm³/mol. The summed E-state index contributed by atoms with van der Waals surface area (Å²) in [6, 6.07) is 30.0. The van der Waals surface area contributed by atoms with Crippen molar-refractivity contribution in [3.05, 3.63) is 119 Å².